The highest BCUT2D eigenvalue weighted by Gasteiger charge is 2.50. The van der Waals surface area contributed by atoms with Crippen molar-refractivity contribution in [2.24, 2.45) is 0 Å². The highest BCUT2D eigenvalue weighted by molar-refractivity contribution is 7.91. The molecule has 2 amide bonds. The topological polar surface area (TPSA) is 129 Å². The van der Waals surface area contributed by atoms with Crippen LogP contribution in [-0.2, 0) is 37.1 Å². The summed E-state index contributed by atoms with van der Waals surface area (Å²) in [6.45, 7) is 3.14. The molecule has 1 unspecified atom stereocenters. The fourth-order valence-corrected chi connectivity index (χ4v) is 6.02. The monoisotopic (exact) mass is 640 g/mol. The summed E-state index contributed by atoms with van der Waals surface area (Å²) in [7, 11) is -3.74. The lowest BCUT2D eigenvalue weighted by Gasteiger charge is -2.37. The van der Waals surface area contributed by atoms with Gasteiger partial charge in [0.1, 0.15) is 17.1 Å². The fourth-order valence-electron chi connectivity index (χ4n) is 5.47. The van der Waals surface area contributed by atoms with Crippen molar-refractivity contribution in [1.82, 2.24) is 15.1 Å². The number of sulfone groups is 1. The van der Waals surface area contributed by atoms with E-state index in [1.807, 2.05) is 0 Å². The Bertz CT molecular complexity index is 1460. The quantitative estimate of drug-likeness (QED) is 0.214. The minimum atomic E-state index is -4.85. The second-order valence-electron chi connectivity index (χ2n) is 10.7. The van der Waals surface area contributed by atoms with Crippen LogP contribution in [0.4, 0.5) is 32.2 Å². The van der Waals surface area contributed by atoms with Gasteiger partial charge in [0.2, 0.25) is 5.91 Å². The number of nitrogens with zero attached hydrogens (tertiary/aromatic N) is 2. The van der Waals surface area contributed by atoms with Gasteiger partial charge in [0.15, 0.2) is 9.84 Å². The van der Waals surface area contributed by atoms with Gasteiger partial charge in [-0.1, -0.05) is 24.3 Å². The number of rotatable bonds is 11. The third-order valence-electron chi connectivity index (χ3n) is 7.18. The molecule has 0 aromatic carbocycles. The van der Waals surface area contributed by atoms with E-state index in [1.54, 1.807) is 12.2 Å². The van der Waals surface area contributed by atoms with Gasteiger partial charge >= 0.3 is 12.5 Å². The predicted molar refractivity (Wildman–Crippen MR) is 141 cm³/mol. The predicted octanol–water partition coefficient (Wildman–Crippen LogP) is 3.76. The number of aromatic nitrogens is 2. The summed E-state index contributed by atoms with van der Waals surface area (Å²) in [5.41, 5.74) is 1.28. The number of halogens is 6. The Labute approximate surface area is 243 Å². The molecule has 43 heavy (non-hydrogen) atoms. The third-order valence-corrected chi connectivity index (χ3v) is 7.96. The molecule has 0 saturated carbocycles. The molecule has 1 spiro atoms. The lowest BCUT2D eigenvalue weighted by molar-refractivity contribution is -0.324. The maximum absolute atomic E-state index is 13.5. The smallest absolute Gasteiger partial charge is 0.374 e. The number of aryl methyl sites for hydroxylation is 1. The molecule has 1 aromatic rings. The average molecular weight is 641 g/mol. The molecule has 0 fully saturated rings. The standard InChI is InChI=1S/C26H30F6N4O6S/c1-15-11-16-12-17(41-9-3-7-25(27,28)29)5-6-18(16)24(15)13-19-21(23(38)34-24)22(33-20(37)14-43(2,39)40)36(35-19)8-4-10-42-26(30,31)32/h5-6,17H,1,3-4,7-14H2,2H3,(H,33,37)(H,34,38)/t17?,24-/m0/s1. The summed E-state index contributed by atoms with van der Waals surface area (Å²) >= 11 is 0. The van der Waals surface area contributed by atoms with Crippen LogP contribution < -0.4 is 10.6 Å². The molecule has 3 aliphatic rings. The molecule has 1 aliphatic heterocycles. The SMILES string of the molecule is C=C1CC2=C(C=CC(OCCCC(F)(F)F)C2)[C@]12Cc1nn(CCCOC(F)(F)F)c(NC(=O)CS(C)(=O)=O)c1C(=O)N2. The van der Waals surface area contributed by atoms with Gasteiger partial charge in [-0.15, -0.1) is 13.2 Å². The molecule has 2 heterocycles. The van der Waals surface area contributed by atoms with Crippen LogP contribution in [-0.4, -0.2) is 79.4 Å². The van der Waals surface area contributed by atoms with E-state index in [1.165, 1.54) is 0 Å². The number of hydrogen-bond donors (Lipinski definition) is 2. The largest absolute Gasteiger partial charge is 0.522 e. The number of nitrogens with one attached hydrogen (secondary N) is 2. The summed E-state index contributed by atoms with van der Waals surface area (Å²) in [4.78, 5) is 26.0. The molecule has 2 aliphatic carbocycles. The van der Waals surface area contributed by atoms with Crippen molar-refractivity contribution in [3.63, 3.8) is 0 Å². The van der Waals surface area contributed by atoms with Gasteiger partial charge in [-0.25, -0.2) is 13.1 Å². The Hall–Kier alpha value is -3.18. The van der Waals surface area contributed by atoms with Crippen molar-refractivity contribution in [3.8, 4) is 0 Å². The highest BCUT2D eigenvalue weighted by Crippen LogP contribution is 2.48. The van der Waals surface area contributed by atoms with Gasteiger partial charge in [0.05, 0.1) is 23.9 Å². The van der Waals surface area contributed by atoms with Crippen molar-refractivity contribution < 1.29 is 53.8 Å². The molecular formula is C26H30F6N4O6S. The van der Waals surface area contributed by atoms with Crippen molar-refractivity contribution in [3.05, 3.63) is 46.7 Å². The molecule has 17 heteroatoms. The number of fused-ring (bicyclic) bond motifs is 2. The zero-order valence-corrected chi connectivity index (χ0v) is 23.8. The molecule has 4 rings (SSSR count). The number of alkyl halides is 6. The second-order valence-corrected chi connectivity index (χ2v) is 12.8. The zero-order valence-electron chi connectivity index (χ0n) is 23.0. The van der Waals surface area contributed by atoms with Gasteiger partial charge in [-0.2, -0.15) is 18.3 Å². The molecule has 0 bridgehead atoms. The summed E-state index contributed by atoms with van der Waals surface area (Å²) in [6, 6.07) is 0. The number of ether oxygens (including phenoxy) is 2. The number of carbonyl (C=O) groups is 2. The first-order valence-corrected chi connectivity index (χ1v) is 15.3. The van der Waals surface area contributed by atoms with Crippen LogP contribution in [0.2, 0.25) is 0 Å². The first kappa shape index (κ1) is 32.7. The molecule has 1 aromatic heterocycles. The van der Waals surface area contributed by atoms with E-state index in [-0.39, 0.29) is 49.5 Å². The first-order chi connectivity index (χ1) is 19.9. The molecule has 0 saturated heterocycles. The van der Waals surface area contributed by atoms with Gasteiger partial charge in [0.25, 0.3) is 5.91 Å². The van der Waals surface area contributed by atoms with Crippen molar-refractivity contribution >= 4 is 27.5 Å². The van der Waals surface area contributed by atoms with E-state index in [4.69, 9.17) is 4.74 Å². The Morgan fingerprint density at radius 2 is 1.95 bits per heavy atom. The molecular weight excluding hydrogens is 610 g/mol. The van der Waals surface area contributed by atoms with Crippen LogP contribution in [0.5, 0.6) is 0 Å². The van der Waals surface area contributed by atoms with Gasteiger partial charge in [0, 0.05) is 32.2 Å². The Morgan fingerprint density at radius 1 is 1.23 bits per heavy atom. The van der Waals surface area contributed by atoms with Crippen molar-refractivity contribution in [2.45, 2.75) is 69.3 Å². The maximum Gasteiger partial charge on any atom is 0.522 e. The molecule has 238 valence electrons. The van der Waals surface area contributed by atoms with E-state index in [9.17, 15) is 44.3 Å². The molecule has 2 N–H and O–H groups in total. The lowest BCUT2D eigenvalue weighted by Crippen LogP contribution is -2.54. The third kappa shape index (κ3) is 8.06. The highest BCUT2D eigenvalue weighted by atomic mass is 32.2. The Morgan fingerprint density at radius 3 is 2.60 bits per heavy atom. The van der Waals surface area contributed by atoms with Gasteiger partial charge < -0.3 is 15.4 Å². The van der Waals surface area contributed by atoms with E-state index in [0.717, 1.165) is 22.1 Å². The maximum atomic E-state index is 13.5. The van der Waals surface area contributed by atoms with E-state index >= 15 is 0 Å². The van der Waals surface area contributed by atoms with E-state index in [0.29, 0.717) is 18.4 Å². The fraction of sp³-hybridized carbons (Fsp3) is 0.577. The van der Waals surface area contributed by atoms with Crippen LogP contribution in [0, 0.1) is 0 Å². The van der Waals surface area contributed by atoms with E-state index in [2.05, 4.69) is 27.0 Å². The molecule has 10 nitrogen and oxygen atoms in total. The number of carbonyl (C=O) groups excluding carboxylic acids is 2. The summed E-state index contributed by atoms with van der Waals surface area (Å²) in [6.07, 6.45) is -5.80. The van der Waals surface area contributed by atoms with Crippen LogP contribution in [0.25, 0.3) is 0 Å². The van der Waals surface area contributed by atoms with Crippen LogP contribution in [0.15, 0.2) is 35.5 Å². The van der Waals surface area contributed by atoms with Crippen molar-refractivity contribution in [1.29, 1.82) is 0 Å². The van der Waals surface area contributed by atoms with Gasteiger partial charge in [-0.3, -0.25) is 14.3 Å². The normalized spacial score (nSPS) is 22.2. The van der Waals surface area contributed by atoms with Crippen LogP contribution >= 0.6 is 0 Å². The lowest BCUT2D eigenvalue weighted by atomic mass is 9.78. The van der Waals surface area contributed by atoms with Gasteiger partial charge in [-0.05, 0) is 36.8 Å². The van der Waals surface area contributed by atoms with E-state index < -0.39 is 64.6 Å². The zero-order chi connectivity index (χ0) is 31.8. The first-order valence-electron chi connectivity index (χ1n) is 13.2. The minimum absolute atomic E-state index is 0.0586. The van der Waals surface area contributed by atoms with Crippen LogP contribution in [0.3, 0.4) is 0 Å². The molecule has 0 radical (unpaired) electrons. The molecule has 2 atom stereocenters. The number of hydrogen-bond acceptors (Lipinski definition) is 7. The van der Waals surface area contributed by atoms with Crippen LogP contribution in [0.1, 0.15) is 48.2 Å². The summed E-state index contributed by atoms with van der Waals surface area (Å²) in [5.74, 6) is -2.68. The Balaban J connectivity index is 1.56. The minimum Gasteiger partial charge on any atom is -0.374 e. The number of anilines is 1. The number of amides is 2. The summed E-state index contributed by atoms with van der Waals surface area (Å²) in [5, 5.41) is 9.72. The second kappa shape index (κ2) is 12.1. The summed E-state index contributed by atoms with van der Waals surface area (Å²) < 4.78 is 108. The van der Waals surface area contributed by atoms with Crippen molar-refractivity contribution in [2.75, 3.05) is 30.5 Å². The Kier molecular flexibility index (Phi) is 9.19. The average Bonchev–Trinajstić information content (AvgIpc) is 3.31.